The molecular formula is C17H22N4O3S. The minimum atomic E-state index is -4.06. The second-order valence-corrected chi connectivity index (χ2v) is 7.68. The highest BCUT2D eigenvalue weighted by atomic mass is 32.2. The molecular weight excluding hydrogens is 340 g/mol. The Morgan fingerprint density at radius 1 is 1.12 bits per heavy atom. The summed E-state index contributed by atoms with van der Waals surface area (Å²) < 4.78 is 27.0. The van der Waals surface area contributed by atoms with Gasteiger partial charge in [0.25, 0.3) is 10.0 Å². The zero-order valence-electron chi connectivity index (χ0n) is 14.6. The molecule has 2 rings (SSSR count). The summed E-state index contributed by atoms with van der Waals surface area (Å²) in [4.78, 5) is 15.5. The number of nitrogens with zero attached hydrogens (tertiary/aromatic N) is 1. The van der Waals surface area contributed by atoms with Crippen molar-refractivity contribution in [3.63, 3.8) is 0 Å². The average Bonchev–Trinajstić information content (AvgIpc) is 2.50. The number of anilines is 2. The minimum Gasteiger partial charge on any atom is -0.354 e. The third-order valence-corrected chi connectivity index (χ3v) is 4.87. The summed E-state index contributed by atoms with van der Waals surface area (Å²) in [6.45, 7) is 7.45. The lowest BCUT2D eigenvalue weighted by Gasteiger charge is -2.14. The van der Waals surface area contributed by atoms with Crippen LogP contribution in [-0.4, -0.2) is 25.5 Å². The van der Waals surface area contributed by atoms with Gasteiger partial charge in [-0.15, -0.1) is 0 Å². The second-order valence-electron chi connectivity index (χ2n) is 6.03. The molecule has 2 aromatic rings. The monoisotopic (exact) mass is 362 g/mol. The van der Waals surface area contributed by atoms with Crippen molar-refractivity contribution in [1.82, 2.24) is 15.0 Å². The van der Waals surface area contributed by atoms with Crippen LogP contribution < -0.4 is 15.4 Å². The number of hydrogen-bond acceptors (Lipinski definition) is 5. The first-order valence-corrected chi connectivity index (χ1v) is 9.29. The molecule has 3 N–H and O–H groups in total. The van der Waals surface area contributed by atoms with Crippen LogP contribution >= 0.6 is 0 Å². The van der Waals surface area contributed by atoms with Crippen LogP contribution in [0.25, 0.3) is 0 Å². The number of benzene rings is 1. The number of urea groups is 1. The molecule has 0 bridgehead atoms. The molecule has 8 heteroatoms. The largest absolute Gasteiger partial charge is 0.354 e. The molecule has 0 aliphatic carbocycles. The topological polar surface area (TPSA) is 100 Å². The summed E-state index contributed by atoms with van der Waals surface area (Å²) in [5, 5.41) is 5.55. The number of aromatic nitrogens is 1. The Balaban J connectivity index is 2.30. The van der Waals surface area contributed by atoms with Gasteiger partial charge in [-0.3, -0.25) is 4.98 Å². The maximum atomic E-state index is 12.5. The summed E-state index contributed by atoms with van der Waals surface area (Å²) in [6.07, 6.45) is 2.69. The van der Waals surface area contributed by atoms with Crippen molar-refractivity contribution in [2.24, 2.45) is 0 Å². The number of carbonyl (C=O) groups excluding carboxylic acids is 1. The van der Waals surface area contributed by atoms with Gasteiger partial charge in [-0.1, -0.05) is 6.07 Å². The van der Waals surface area contributed by atoms with Crippen molar-refractivity contribution >= 4 is 27.4 Å². The van der Waals surface area contributed by atoms with Gasteiger partial charge in [0.05, 0.1) is 5.69 Å². The van der Waals surface area contributed by atoms with Gasteiger partial charge < -0.3 is 10.6 Å². The van der Waals surface area contributed by atoms with Crippen molar-refractivity contribution in [3.8, 4) is 0 Å². The standard InChI is InChI=1S/C17H22N4O3S/c1-11(2)19-17(22)21-25(23,24)16-10-18-8-7-15(16)20-14-6-5-12(3)13(4)9-14/h5-11H,1-4H3,(H,18,20)(H2,19,21,22). The van der Waals surface area contributed by atoms with Gasteiger partial charge in [-0.05, 0) is 57.0 Å². The number of hydrogen-bond donors (Lipinski definition) is 3. The number of aryl methyl sites for hydroxylation is 2. The van der Waals surface area contributed by atoms with E-state index in [-0.39, 0.29) is 10.9 Å². The Hall–Kier alpha value is -2.61. The Morgan fingerprint density at radius 3 is 2.48 bits per heavy atom. The number of rotatable bonds is 5. The molecule has 0 saturated carbocycles. The van der Waals surface area contributed by atoms with Crippen LogP contribution in [-0.2, 0) is 10.0 Å². The Bertz CT molecular complexity index is 879. The fourth-order valence-electron chi connectivity index (χ4n) is 2.14. The van der Waals surface area contributed by atoms with Crippen LogP contribution in [0.1, 0.15) is 25.0 Å². The van der Waals surface area contributed by atoms with Gasteiger partial charge >= 0.3 is 6.03 Å². The molecule has 0 radical (unpaired) electrons. The average molecular weight is 362 g/mol. The van der Waals surface area contributed by atoms with Gasteiger partial charge in [0, 0.05) is 24.1 Å². The lowest BCUT2D eigenvalue weighted by molar-refractivity contribution is 0.243. The number of carbonyl (C=O) groups is 1. The molecule has 0 aliphatic rings. The van der Waals surface area contributed by atoms with Crippen molar-refractivity contribution in [1.29, 1.82) is 0 Å². The first-order valence-electron chi connectivity index (χ1n) is 7.80. The van der Waals surface area contributed by atoms with E-state index in [2.05, 4.69) is 15.6 Å². The van der Waals surface area contributed by atoms with Crippen molar-refractivity contribution < 1.29 is 13.2 Å². The molecule has 0 atom stereocenters. The number of nitrogens with one attached hydrogen (secondary N) is 3. The van der Waals surface area contributed by atoms with Crippen molar-refractivity contribution in [2.75, 3.05) is 5.32 Å². The van der Waals surface area contributed by atoms with Crippen LogP contribution in [0, 0.1) is 13.8 Å². The Morgan fingerprint density at radius 2 is 1.84 bits per heavy atom. The van der Waals surface area contributed by atoms with E-state index in [9.17, 15) is 13.2 Å². The number of amides is 2. The van der Waals surface area contributed by atoms with E-state index in [0.717, 1.165) is 16.8 Å². The smallest absolute Gasteiger partial charge is 0.328 e. The SMILES string of the molecule is Cc1ccc(Nc2ccncc2S(=O)(=O)NC(=O)NC(C)C)cc1C. The van der Waals surface area contributed by atoms with E-state index in [1.807, 2.05) is 36.8 Å². The highest BCUT2D eigenvalue weighted by molar-refractivity contribution is 7.90. The quantitative estimate of drug-likeness (QED) is 0.759. The summed E-state index contributed by atoms with van der Waals surface area (Å²) >= 11 is 0. The fourth-order valence-corrected chi connectivity index (χ4v) is 3.16. The van der Waals surface area contributed by atoms with Gasteiger partial charge in [-0.25, -0.2) is 17.9 Å². The van der Waals surface area contributed by atoms with Crippen molar-refractivity contribution in [3.05, 3.63) is 47.8 Å². The van der Waals surface area contributed by atoms with E-state index in [1.165, 1.54) is 12.4 Å². The first-order chi connectivity index (χ1) is 11.7. The normalized spacial score (nSPS) is 11.2. The van der Waals surface area contributed by atoms with Crippen LogP contribution in [0.3, 0.4) is 0 Å². The van der Waals surface area contributed by atoms with Gasteiger partial charge in [0.15, 0.2) is 0 Å². The van der Waals surface area contributed by atoms with E-state index in [0.29, 0.717) is 5.69 Å². The first kappa shape index (κ1) is 18.7. The molecule has 134 valence electrons. The molecule has 0 spiro atoms. The Labute approximate surface area is 147 Å². The zero-order valence-corrected chi connectivity index (χ0v) is 15.4. The molecule has 25 heavy (non-hydrogen) atoms. The van der Waals surface area contributed by atoms with E-state index < -0.39 is 16.1 Å². The summed E-state index contributed by atoms with van der Waals surface area (Å²) in [5.74, 6) is 0. The van der Waals surface area contributed by atoms with Crippen LogP contribution in [0.4, 0.5) is 16.2 Å². The van der Waals surface area contributed by atoms with Crippen LogP contribution in [0.2, 0.25) is 0 Å². The molecule has 0 fully saturated rings. The summed E-state index contributed by atoms with van der Waals surface area (Å²) in [7, 11) is -4.06. The molecule has 1 aromatic heterocycles. The van der Waals surface area contributed by atoms with Crippen LogP contribution in [0.15, 0.2) is 41.6 Å². The number of sulfonamides is 1. The van der Waals surface area contributed by atoms with E-state index in [4.69, 9.17) is 0 Å². The predicted molar refractivity (Wildman–Crippen MR) is 97.4 cm³/mol. The maximum Gasteiger partial charge on any atom is 0.328 e. The fraction of sp³-hybridized carbons (Fsp3) is 0.294. The summed E-state index contributed by atoms with van der Waals surface area (Å²) in [6, 6.07) is 6.31. The Kier molecular flexibility index (Phi) is 5.63. The number of pyridine rings is 1. The highest BCUT2D eigenvalue weighted by Gasteiger charge is 2.22. The van der Waals surface area contributed by atoms with E-state index in [1.54, 1.807) is 19.9 Å². The molecule has 1 heterocycles. The summed E-state index contributed by atoms with van der Waals surface area (Å²) in [5.41, 5.74) is 3.30. The minimum absolute atomic E-state index is 0.105. The molecule has 0 unspecified atom stereocenters. The van der Waals surface area contributed by atoms with Crippen molar-refractivity contribution in [2.45, 2.75) is 38.6 Å². The molecule has 0 saturated heterocycles. The van der Waals surface area contributed by atoms with Gasteiger partial charge in [-0.2, -0.15) is 0 Å². The zero-order chi connectivity index (χ0) is 18.6. The van der Waals surface area contributed by atoms with Gasteiger partial charge in [0.2, 0.25) is 0 Å². The molecule has 7 nitrogen and oxygen atoms in total. The maximum absolute atomic E-state index is 12.5. The predicted octanol–water partition coefficient (Wildman–Crippen LogP) is 2.84. The second kappa shape index (κ2) is 7.52. The van der Waals surface area contributed by atoms with Crippen LogP contribution in [0.5, 0.6) is 0 Å². The van der Waals surface area contributed by atoms with Gasteiger partial charge in [0.1, 0.15) is 4.90 Å². The lowest BCUT2D eigenvalue weighted by atomic mass is 10.1. The molecule has 0 aliphatic heterocycles. The molecule has 1 aromatic carbocycles. The highest BCUT2D eigenvalue weighted by Crippen LogP contribution is 2.25. The molecule has 2 amide bonds. The third-order valence-electron chi connectivity index (χ3n) is 3.51. The van der Waals surface area contributed by atoms with E-state index >= 15 is 0 Å². The third kappa shape index (κ3) is 4.93. The lowest BCUT2D eigenvalue weighted by Crippen LogP contribution is -2.42.